The zero-order valence-corrected chi connectivity index (χ0v) is 20.0. The van der Waals surface area contributed by atoms with Crippen LogP contribution in [-0.2, 0) is 14.8 Å². The first-order valence-corrected chi connectivity index (χ1v) is 12.5. The van der Waals surface area contributed by atoms with E-state index in [-0.39, 0.29) is 23.4 Å². The molecule has 0 bridgehead atoms. The van der Waals surface area contributed by atoms with Crippen LogP contribution in [0.15, 0.2) is 83.8 Å². The van der Waals surface area contributed by atoms with Gasteiger partial charge in [0.15, 0.2) is 0 Å². The fourth-order valence-corrected chi connectivity index (χ4v) is 4.92. The lowest BCUT2D eigenvalue weighted by Gasteiger charge is -2.26. The van der Waals surface area contributed by atoms with E-state index in [1.165, 1.54) is 12.1 Å². The topological polar surface area (TPSA) is 75.7 Å². The zero-order valence-electron chi connectivity index (χ0n) is 19.2. The largest absolute Gasteiger partial charge is 0.494 e. The lowest BCUT2D eigenvalue weighted by Crippen LogP contribution is -2.42. The van der Waals surface area contributed by atoms with E-state index in [4.69, 9.17) is 4.74 Å². The van der Waals surface area contributed by atoms with Crippen LogP contribution in [0.4, 0.5) is 5.69 Å². The molecule has 1 unspecified atom stereocenters. The number of benzene rings is 3. The molecule has 0 saturated heterocycles. The molecule has 7 heteroatoms. The SMILES string of the molecule is CCOc1ccc(S(=O)(=O)N(CC(=O)NC(CC)c2ccc(C)cc2)c2ccccc2)cc1. The maximum absolute atomic E-state index is 13.5. The van der Waals surface area contributed by atoms with Crippen LogP contribution in [0.1, 0.15) is 37.4 Å². The number of nitrogens with one attached hydrogen (secondary N) is 1. The molecule has 0 aliphatic rings. The van der Waals surface area contributed by atoms with Gasteiger partial charge in [-0.2, -0.15) is 0 Å². The lowest BCUT2D eigenvalue weighted by atomic mass is 10.0. The van der Waals surface area contributed by atoms with Crippen LogP contribution >= 0.6 is 0 Å². The van der Waals surface area contributed by atoms with Gasteiger partial charge in [-0.15, -0.1) is 0 Å². The second kappa shape index (κ2) is 11.0. The van der Waals surface area contributed by atoms with Crippen LogP contribution < -0.4 is 14.4 Å². The number of carbonyl (C=O) groups excluding carboxylic acids is 1. The molecule has 6 nitrogen and oxygen atoms in total. The minimum absolute atomic E-state index is 0.0909. The van der Waals surface area contributed by atoms with E-state index < -0.39 is 10.0 Å². The molecule has 0 aliphatic carbocycles. The lowest BCUT2D eigenvalue weighted by molar-refractivity contribution is -0.120. The van der Waals surface area contributed by atoms with Crippen molar-refractivity contribution in [3.05, 3.63) is 90.0 Å². The van der Waals surface area contributed by atoms with Gasteiger partial charge in [0.25, 0.3) is 10.0 Å². The minimum Gasteiger partial charge on any atom is -0.494 e. The fourth-order valence-electron chi connectivity index (χ4n) is 3.50. The van der Waals surface area contributed by atoms with Gasteiger partial charge in [0.2, 0.25) is 5.91 Å². The quantitative estimate of drug-likeness (QED) is 0.463. The molecular formula is C26H30N2O4S. The Kier molecular flexibility index (Phi) is 8.11. The van der Waals surface area contributed by atoms with Crippen LogP contribution in [0, 0.1) is 6.92 Å². The number of carbonyl (C=O) groups is 1. The van der Waals surface area contributed by atoms with E-state index in [2.05, 4.69) is 5.32 Å². The summed E-state index contributed by atoms with van der Waals surface area (Å²) in [5.74, 6) is 0.213. The van der Waals surface area contributed by atoms with Gasteiger partial charge in [-0.25, -0.2) is 8.42 Å². The number of hydrogen-bond acceptors (Lipinski definition) is 4. The number of sulfonamides is 1. The summed E-state index contributed by atoms with van der Waals surface area (Å²) in [6.45, 7) is 6.01. The van der Waals surface area contributed by atoms with Gasteiger partial charge in [0, 0.05) is 0 Å². The highest BCUT2D eigenvalue weighted by molar-refractivity contribution is 7.92. The van der Waals surface area contributed by atoms with Gasteiger partial charge in [-0.05, 0) is 62.2 Å². The maximum atomic E-state index is 13.5. The van der Waals surface area contributed by atoms with Gasteiger partial charge in [0.05, 0.1) is 23.2 Å². The first-order chi connectivity index (χ1) is 15.8. The summed E-state index contributed by atoms with van der Waals surface area (Å²) in [6.07, 6.45) is 0.686. The Hall–Kier alpha value is -3.32. The van der Waals surface area contributed by atoms with Crippen LogP contribution in [0.2, 0.25) is 0 Å². The molecule has 3 aromatic rings. The van der Waals surface area contributed by atoms with Crippen LogP contribution in [-0.4, -0.2) is 27.5 Å². The summed E-state index contributed by atoms with van der Waals surface area (Å²) in [4.78, 5) is 13.1. The third-order valence-electron chi connectivity index (χ3n) is 5.28. The Morgan fingerprint density at radius 2 is 1.58 bits per heavy atom. The molecule has 3 rings (SSSR count). The predicted octanol–water partition coefficient (Wildman–Crippen LogP) is 4.86. The molecule has 0 heterocycles. The fraction of sp³-hybridized carbons (Fsp3) is 0.269. The van der Waals surface area contributed by atoms with Gasteiger partial charge < -0.3 is 10.1 Å². The van der Waals surface area contributed by atoms with E-state index in [1.807, 2.05) is 45.0 Å². The van der Waals surface area contributed by atoms with E-state index in [9.17, 15) is 13.2 Å². The number of para-hydroxylation sites is 1. The molecule has 33 heavy (non-hydrogen) atoms. The average molecular weight is 467 g/mol. The standard InChI is InChI=1S/C26H30N2O4S/c1-4-25(21-13-11-20(3)12-14-21)27-26(29)19-28(22-9-7-6-8-10-22)33(30,31)24-17-15-23(16-18-24)32-5-2/h6-18,25H,4-5,19H2,1-3H3,(H,27,29). The normalized spacial score (nSPS) is 12.1. The number of rotatable bonds is 10. The monoisotopic (exact) mass is 466 g/mol. The van der Waals surface area contributed by atoms with E-state index in [0.29, 0.717) is 24.5 Å². The Labute approximate surface area is 196 Å². The molecule has 174 valence electrons. The summed E-state index contributed by atoms with van der Waals surface area (Å²) in [6, 6.07) is 22.6. The summed E-state index contributed by atoms with van der Waals surface area (Å²) in [7, 11) is -3.98. The number of ether oxygens (including phenoxy) is 1. The number of hydrogen-bond donors (Lipinski definition) is 1. The molecular weight excluding hydrogens is 436 g/mol. The summed E-state index contributed by atoms with van der Waals surface area (Å²) in [5.41, 5.74) is 2.54. The molecule has 3 aromatic carbocycles. The summed E-state index contributed by atoms with van der Waals surface area (Å²) in [5, 5.41) is 2.99. The van der Waals surface area contributed by atoms with Gasteiger partial charge in [-0.3, -0.25) is 9.10 Å². The third kappa shape index (κ3) is 6.14. The molecule has 1 N–H and O–H groups in total. The summed E-state index contributed by atoms with van der Waals surface area (Å²) < 4.78 is 33.6. The Balaban J connectivity index is 1.86. The van der Waals surface area contributed by atoms with E-state index in [0.717, 1.165) is 15.4 Å². The summed E-state index contributed by atoms with van der Waals surface area (Å²) >= 11 is 0. The van der Waals surface area contributed by atoms with Crippen molar-refractivity contribution in [3.8, 4) is 5.75 Å². The average Bonchev–Trinajstić information content (AvgIpc) is 2.82. The Bertz CT molecular complexity index is 1150. The van der Waals surface area contributed by atoms with Crippen molar-refractivity contribution in [3.63, 3.8) is 0 Å². The van der Waals surface area contributed by atoms with Crippen molar-refractivity contribution < 1.29 is 17.9 Å². The molecule has 1 amide bonds. The Morgan fingerprint density at radius 3 is 2.15 bits per heavy atom. The maximum Gasteiger partial charge on any atom is 0.264 e. The van der Waals surface area contributed by atoms with Gasteiger partial charge >= 0.3 is 0 Å². The smallest absolute Gasteiger partial charge is 0.264 e. The van der Waals surface area contributed by atoms with Crippen molar-refractivity contribution in [1.29, 1.82) is 0 Å². The number of aryl methyl sites for hydroxylation is 1. The van der Waals surface area contributed by atoms with Gasteiger partial charge in [0.1, 0.15) is 12.3 Å². The highest BCUT2D eigenvalue weighted by Crippen LogP contribution is 2.25. The minimum atomic E-state index is -3.98. The Morgan fingerprint density at radius 1 is 0.939 bits per heavy atom. The van der Waals surface area contributed by atoms with Crippen molar-refractivity contribution in [2.45, 2.75) is 38.1 Å². The molecule has 0 saturated carbocycles. The highest BCUT2D eigenvalue weighted by atomic mass is 32.2. The number of anilines is 1. The first kappa shape index (κ1) is 24.3. The molecule has 0 fully saturated rings. The van der Waals surface area contributed by atoms with Gasteiger partial charge in [-0.1, -0.05) is 55.0 Å². The second-order valence-electron chi connectivity index (χ2n) is 7.69. The second-order valence-corrected chi connectivity index (χ2v) is 9.55. The molecule has 0 radical (unpaired) electrons. The van der Waals surface area contributed by atoms with Crippen LogP contribution in [0.25, 0.3) is 0 Å². The third-order valence-corrected chi connectivity index (χ3v) is 7.07. The molecule has 0 spiro atoms. The molecule has 0 aliphatic heterocycles. The number of amides is 1. The predicted molar refractivity (Wildman–Crippen MR) is 131 cm³/mol. The van der Waals surface area contributed by atoms with Crippen LogP contribution in [0.3, 0.4) is 0 Å². The highest BCUT2D eigenvalue weighted by Gasteiger charge is 2.28. The van der Waals surface area contributed by atoms with Crippen molar-refractivity contribution >= 4 is 21.6 Å². The van der Waals surface area contributed by atoms with Crippen LogP contribution in [0.5, 0.6) is 5.75 Å². The zero-order chi connectivity index (χ0) is 23.8. The molecule has 1 atom stereocenters. The molecule has 0 aromatic heterocycles. The van der Waals surface area contributed by atoms with E-state index in [1.54, 1.807) is 42.5 Å². The van der Waals surface area contributed by atoms with Crippen molar-refractivity contribution in [1.82, 2.24) is 5.32 Å². The van der Waals surface area contributed by atoms with Crippen molar-refractivity contribution in [2.24, 2.45) is 0 Å². The number of nitrogens with zero attached hydrogens (tertiary/aromatic N) is 1. The van der Waals surface area contributed by atoms with E-state index >= 15 is 0 Å². The first-order valence-electron chi connectivity index (χ1n) is 11.0. The van der Waals surface area contributed by atoms with Crippen molar-refractivity contribution in [2.75, 3.05) is 17.5 Å².